The average molecular weight is 425 g/mol. The van der Waals surface area contributed by atoms with Crippen molar-refractivity contribution in [2.45, 2.75) is 19.4 Å². The minimum atomic E-state index is -0.430. The van der Waals surface area contributed by atoms with E-state index in [4.69, 9.17) is 9.52 Å². The molecule has 0 saturated carbocycles. The van der Waals surface area contributed by atoms with Crippen LogP contribution in [0.15, 0.2) is 65.7 Å². The summed E-state index contributed by atoms with van der Waals surface area (Å²) in [5.74, 6) is 0.216. The maximum absolute atomic E-state index is 13.5. The zero-order valence-corrected chi connectivity index (χ0v) is 17.3. The number of carbonyl (C=O) groups is 1. The molecule has 0 aromatic carbocycles. The smallest absolute Gasteiger partial charge is 0.292 e. The summed E-state index contributed by atoms with van der Waals surface area (Å²) in [5, 5.41) is 4.77. The minimum absolute atomic E-state index is 0.162. The van der Waals surface area contributed by atoms with Crippen LogP contribution in [-0.2, 0) is 6.42 Å². The fourth-order valence-electron chi connectivity index (χ4n) is 4.23. The van der Waals surface area contributed by atoms with Crippen LogP contribution in [0.1, 0.15) is 39.2 Å². The summed E-state index contributed by atoms with van der Waals surface area (Å²) in [6, 6.07) is 11.0. The Hall–Kier alpha value is -4.27. The van der Waals surface area contributed by atoms with E-state index in [1.165, 1.54) is 6.20 Å². The third-order valence-corrected chi connectivity index (χ3v) is 5.80. The van der Waals surface area contributed by atoms with Crippen molar-refractivity contribution >= 4 is 11.4 Å². The molecule has 1 unspecified atom stereocenters. The van der Waals surface area contributed by atoms with Gasteiger partial charge in [-0.15, -0.1) is 0 Å². The first-order valence-corrected chi connectivity index (χ1v) is 10.3. The molecule has 9 nitrogen and oxygen atoms in total. The van der Waals surface area contributed by atoms with Crippen LogP contribution in [0.3, 0.4) is 0 Å². The van der Waals surface area contributed by atoms with Crippen molar-refractivity contribution in [3.8, 4) is 11.6 Å². The molecule has 0 spiro atoms. The molecular formula is C23H19N7O2. The molecule has 5 aromatic rings. The van der Waals surface area contributed by atoms with Crippen LogP contribution >= 0.6 is 0 Å². The highest BCUT2D eigenvalue weighted by atomic mass is 16.4. The highest BCUT2D eigenvalue weighted by Crippen LogP contribution is 2.35. The number of amides is 1. The molecule has 1 amide bonds. The molecule has 0 radical (unpaired) electrons. The van der Waals surface area contributed by atoms with Crippen molar-refractivity contribution < 1.29 is 9.21 Å². The number of aromatic amines is 1. The van der Waals surface area contributed by atoms with Gasteiger partial charge in [-0.25, -0.2) is 14.5 Å². The molecule has 6 heterocycles. The van der Waals surface area contributed by atoms with Gasteiger partial charge in [0.2, 0.25) is 11.7 Å². The van der Waals surface area contributed by atoms with Gasteiger partial charge < -0.3 is 14.3 Å². The Morgan fingerprint density at radius 2 is 2.12 bits per heavy atom. The Labute approximate surface area is 182 Å². The molecule has 1 N–H and O–H groups in total. The highest BCUT2D eigenvalue weighted by Gasteiger charge is 2.37. The average Bonchev–Trinajstić information content (AvgIpc) is 3.58. The fraction of sp³-hybridized carbons (Fsp3) is 0.174. The Kier molecular flexibility index (Phi) is 4.14. The predicted molar refractivity (Wildman–Crippen MR) is 115 cm³/mol. The lowest BCUT2D eigenvalue weighted by molar-refractivity contribution is 0.0655. The largest absolute Gasteiger partial charge is 0.429 e. The van der Waals surface area contributed by atoms with Gasteiger partial charge in [-0.3, -0.25) is 9.78 Å². The summed E-state index contributed by atoms with van der Waals surface area (Å²) in [6.45, 7) is 2.55. The molecule has 1 atom stereocenters. The highest BCUT2D eigenvalue weighted by molar-refractivity contribution is 5.92. The number of aromatic nitrogens is 6. The standard InChI is InChI=1S/C23H19N7O2/c1-14-5-4-9-30-18(14)11-17(28-30)21-20-15(26-13-27-20)7-10-29(21)23(31)19-12-25-22(32-19)16-6-2-3-8-24-16/h2-6,8-9,11-13,21H,7,10H2,1H3,(H,26,27). The number of aryl methyl sites for hydroxylation is 1. The number of carbonyl (C=O) groups excluding carboxylic acids is 1. The van der Waals surface area contributed by atoms with E-state index in [1.807, 2.05) is 48.0 Å². The number of H-pyrrole nitrogens is 1. The first-order valence-electron chi connectivity index (χ1n) is 10.3. The summed E-state index contributed by atoms with van der Waals surface area (Å²) in [6.07, 6.45) is 7.36. The van der Waals surface area contributed by atoms with Crippen LogP contribution in [-0.4, -0.2) is 46.9 Å². The van der Waals surface area contributed by atoms with E-state index in [2.05, 4.69) is 19.9 Å². The van der Waals surface area contributed by atoms with E-state index < -0.39 is 6.04 Å². The van der Waals surface area contributed by atoms with Crippen LogP contribution in [0.2, 0.25) is 0 Å². The van der Waals surface area contributed by atoms with Crippen molar-refractivity contribution in [2.75, 3.05) is 6.54 Å². The summed E-state index contributed by atoms with van der Waals surface area (Å²) < 4.78 is 7.63. The lowest BCUT2D eigenvalue weighted by Crippen LogP contribution is -2.40. The molecule has 0 bridgehead atoms. The molecule has 0 fully saturated rings. The first kappa shape index (κ1) is 18.5. The van der Waals surface area contributed by atoms with Gasteiger partial charge in [0, 0.05) is 31.1 Å². The third-order valence-electron chi connectivity index (χ3n) is 5.80. The van der Waals surface area contributed by atoms with Crippen LogP contribution in [0.5, 0.6) is 0 Å². The first-order chi connectivity index (χ1) is 15.7. The molecular weight excluding hydrogens is 406 g/mol. The van der Waals surface area contributed by atoms with Gasteiger partial charge in [-0.2, -0.15) is 5.10 Å². The maximum Gasteiger partial charge on any atom is 0.292 e. The monoisotopic (exact) mass is 425 g/mol. The second-order valence-corrected chi connectivity index (χ2v) is 7.75. The number of fused-ring (bicyclic) bond motifs is 2. The van der Waals surface area contributed by atoms with E-state index in [9.17, 15) is 4.79 Å². The van der Waals surface area contributed by atoms with Crippen LogP contribution in [0.4, 0.5) is 0 Å². The second kappa shape index (κ2) is 7.16. The van der Waals surface area contributed by atoms with Gasteiger partial charge in [0.25, 0.3) is 5.91 Å². The van der Waals surface area contributed by atoms with E-state index in [-0.39, 0.29) is 11.7 Å². The van der Waals surface area contributed by atoms with E-state index >= 15 is 0 Å². The van der Waals surface area contributed by atoms with E-state index in [0.717, 1.165) is 28.2 Å². The Morgan fingerprint density at radius 3 is 2.97 bits per heavy atom. The summed E-state index contributed by atoms with van der Waals surface area (Å²) in [5.41, 5.74) is 5.25. The van der Waals surface area contributed by atoms with Gasteiger partial charge in [-0.05, 0) is 36.8 Å². The number of hydrogen-bond acceptors (Lipinski definition) is 6. The van der Waals surface area contributed by atoms with Crippen LogP contribution in [0.25, 0.3) is 17.1 Å². The van der Waals surface area contributed by atoms with Gasteiger partial charge in [0.15, 0.2) is 0 Å². The SMILES string of the molecule is Cc1cccn2nc(C3c4nc[nH]c4CCN3C(=O)c3cnc(-c4ccccn4)o3)cc12. The third kappa shape index (κ3) is 2.89. The lowest BCUT2D eigenvalue weighted by Gasteiger charge is -2.33. The van der Waals surface area contributed by atoms with Crippen molar-refractivity contribution in [1.82, 2.24) is 34.4 Å². The number of nitrogens with zero attached hydrogens (tertiary/aromatic N) is 6. The Morgan fingerprint density at radius 1 is 1.19 bits per heavy atom. The minimum Gasteiger partial charge on any atom is -0.429 e. The van der Waals surface area contributed by atoms with Gasteiger partial charge in [0.1, 0.15) is 11.7 Å². The molecule has 0 saturated heterocycles. The zero-order chi connectivity index (χ0) is 21.7. The summed E-state index contributed by atoms with van der Waals surface area (Å²) >= 11 is 0. The lowest BCUT2D eigenvalue weighted by atomic mass is 9.99. The molecule has 32 heavy (non-hydrogen) atoms. The maximum atomic E-state index is 13.5. The fourth-order valence-corrected chi connectivity index (χ4v) is 4.23. The van der Waals surface area contributed by atoms with Gasteiger partial charge >= 0.3 is 0 Å². The van der Waals surface area contributed by atoms with E-state index in [0.29, 0.717) is 24.6 Å². The van der Waals surface area contributed by atoms with Crippen LogP contribution < -0.4 is 0 Å². The topological polar surface area (TPSA) is 105 Å². The van der Waals surface area contributed by atoms with Crippen molar-refractivity contribution in [3.63, 3.8) is 0 Å². The number of hydrogen-bond donors (Lipinski definition) is 1. The molecule has 5 aromatic heterocycles. The van der Waals surface area contributed by atoms with Gasteiger partial charge in [-0.1, -0.05) is 12.1 Å². The number of pyridine rings is 2. The normalized spacial score (nSPS) is 15.8. The molecule has 9 heteroatoms. The molecule has 6 rings (SSSR count). The van der Waals surface area contributed by atoms with Gasteiger partial charge in [0.05, 0.1) is 29.4 Å². The van der Waals surface area contributed by atoms with E-state index in [1.54, 1.807) is 23.5 Å². The van der Waals surface area contributed by atoms with Crippen molar-refractivity contribution in [1.29, 1.82) is 0 Å². The Bertz CT molecular complexity index is 1430. The quantitative estimate of drug-likeness (QED) is 0.476. The molecule has 158 valence electrons. The van der Waals surface area contributed by atoms with Crippen molar-refractivity contribution in [2.24, 2.45) is 0 Å². The zero-order valence-electron chi connectivity index (χ0n) is 17.3. The number of imidazole rings is 1. The summed E-state index contributed by atoms with van der Waals surface area (Å²) in [7, 11) is 0. The second-order valence-electron chi connectivity index (χ2n) is 7.75. The number of rotatable bonds is 3. The molecule has 1 aliphatic rings. The molecule has 0 aliphatic carbocycles. The number of nitrogens with one attached hydrogen (secondary N) is 1. The molecule has 1 aliphatic heterocycles. The predicted octanol–water partition coefficient (Wildman–Crippen LogP) is 3.20. The van der Waals surface area contributed by atoms with Crippen molar-refractivity contribution in [3.05, 3.63) is 89.7 Å². The van der Waals surface area contributed by atoms with Crippen LogP contribution in [0, 0.1) is 6.92 Å². The summed E-state index contributed by atoms with van der Waals surface area (Å²) in [4.78, 5) is 31.5. The number of oxazole rings is 1. The Balaban J connectivity index is 1.41.